The van der Waals surface area contributed by atoms with Crippen molar-refractivity contribution < 1.29 is 9.47 Å². The Morgan fingerprint density at radius 2 is 1.75 bits per heavy atom. The lowest BCUT2D eigenvalue weighted by atomic mass is 9.89. The molecule has 2 aliphatic carbocycles. The van der Waals surface area contributed by atoms with Crippen molar-refractivity contribution in [1.82, 2.24) is 0 Å². The standard InChI is InChI=1S/C17H25NO2/c1-19-16-12-13(17(18)10-4-5-11-17)8-9-15(16)20-14-6-2-3-7-14/h8-9,12,14H,2-7,10-11,18H2,1H3. The third-order valence-corrected chi connectivity index (χ3v) is 4.83. The van der Waals surface area contributed by atoms with Crippen LogP contribution in [-0.4, -0.2) is 13.2 Å². The number of nitrogens with two attached hydrogens (primary N) is 1. The Morgan fingerprint density at radius 1 is 1.05 bits per heavy atom. The molecular weight excluding hydrogens is 250 g/mol. The summed E-state index contributed by atoms with van der Waals surface area (Å²) in [6.45, 7) is 0. The maximum atomic E-state index is 6.52. The molecule has 2 fully saturated rings. The van der Waals surface area contributed by atoms with E-state index in [-0.39, 0.29) is 5.54 Å². The SMILES string of the molecule is COc1cc(C2(N)CCCC2)ccc1OC1CCCC1. The molecule has 3 heteroatoms. The second kappa shape index (κ2) is 5.65. The van der Waals surface area contributed by atoms with Crippen LogP contribution in [0.5, 0.6) is 11.5 Å². The van der Waals surface area contributed by atoms with E-state index in [4.69, 9.17) is 15.2 Å². The first-order valence-corrected chi connectivity index (χ1v) is 7.85. The molecule has 1 aromatic rings. The van der Waals surface area contributed by atoms with Gasteiger partial charge in [-0.2, -0.15) is 0 Å². The van der Waals surface area contributed by atoms with Crippen LogP contribution < -0.4 is 15.2 Å². The molecule has 0 spiro atoms. The van der Waals surface area contributed by atoms with Crippen molar-refractivity contribution >= 4 is 0 Å². The summed E-state index contributed by atoms with van der Waals surface area (Å²) < 4.78 is 11.6. The number of hydrogen-bond acceptors (Lipinski definition) is 3. The fraction of sp³-hybridized carbons (Fsp3) is 0.647. The van der Waals surface area contributed by atoms with Crippen molar-refractivity contribution in [3.63, 3.8) is 0 Å². The zero-order chi connectivity index (χ0) is 14.0. The van der Waals surface area contributed by atoms with Crippen LogP contribution in [0, 0.1) is 0 Å². The van der Waals surface area contributed by atoms with E-state index in [2.05, 4.69) is 12.1 Å². The molecule has 0 aromatic heterocycles. The molecule has 2 N–H and O–H groups in total. The molecule has 0 radical (unpaired) electrons. The second-order valence-corrected chi connectivity index (χ2v) is 6.25. The Kier molecular flexibility index (Phi) is 3.88. The molecule has 20 heavy (non-hydrogen) atoms. The van der Waals surface area contributed by atoms with Gasteiger partial charge in [0.2, 0.25) is 0 Å². The summed E-state index contributed by atoms with van der Waals surface area (Å²) in [6, 6.07) is 6.24. The summed E-state index contributed by atoms with van der Waals surface area (Å²) in [7, 11) is 1.71. The van der Waals surface area contributed by atoms with Gasteiger partial charge in [0.1, 0.15) is 0 Å². The molecule has 0 bridgehead atoms. The zero-order valence-electron chi connectivity index (χ0n) is 12.4. The summed E-state index contributed by atoms with van der Waals surface area (Å²) in [4.78, 5) is 0. The van der Waals surface area contributed by atoms with Crippen LogP contribution in [0.15, 0.2) is 18.2 Å². The van der Waals surface area contributed by atoms with Gasteiger partial charge in [0.15, 0.2) is 11.5 Å². The van der Waals surface area contributed by atoms with Gasteiger partial charge in [-0.25, -0.2) is 0 Å². The first kappa shape index (κ1) is 13.7. The highest BCUT2D eigenvalue weighted by molar-refractivity contribution is 5.45. The van der Waals surface area contributed by atoms with Gasteiger partial charge in [0, 0.05) is 5.54 Å². The maximum Gasteiger partial charge on any atom is 0.161 e. The topological polar surface area (TPSA) is 44.5 Å². The Hall–Kier alpha value is -1.22. The van der Waals surface area contributed by atoms with Gasteiger partial charge in [-0.15, -0.1) is 0 Å². The first-order chi connectivity index (χ1) is 9.71. The van der Waals surface area contributed by atoms with Gasteiger partial charge >= 0.3 is 0 Å². The van der Waals surface area contributed by atoms with E-state index in [1.807, 2.05) is 6.07 Å². The van der Waals surface area contributed by atoms with E-state index in [0.29, 0.717) is 6.10 Å². The summed E-state index contributed by atoms with van der Waals surface area (Å²) >= 11 is 0. The molecule has 2 saturated carbocycles. The van der Waals surface area contributed by atoms with Crippen LogP contribution >= 0.6 is 0 Å². The minimum Gasteiger partial charge on any atom is -0.493 e. The van der Waals surface area contributed by atoms with Crippen LogP contribution in [0.2, 0.25) is 0 Å². The number of ether oxygens (including phenoxy) is 2. The molecule has 0 atom stereocenters. The predicted molar refractivity (Wildman–Crippen MR) is 80.2 cm³/mol. The third-order valence-electron chi connectivity index (χ3n) is 4.83. The third kappa shape index (κ3) is 2.64. The van der Waals surface area contributed by atoms with E-state index < -0.39 is 0 Å². The Bertz CT molecular complexity index is 460. The average molecular weight is 275 g/mol. The maximum absolute atomic E-state index is 6.52. The molecule has 0 aliphatic heterocycles. The smallest absolute Gasteiger partial charge is 0.161 e. The number of benzene rings is 1. The Balaban J connectivity index is 1.81. The van der Waals surface area contributed by atoms with Gasteiger partial charge in [-0.05, 0) is 56.2 Å². The Labute approximate surface area is 121 Å². The van der Waals surface area contributed by atoms with E-state index in [9.17, 15) is 0 Å². The van der Waals surface area contributed by atoms with Crippen LogP contribution in [0.4, 0.5) is 0 Å². The molecule has 1 aromatic carbocycles. The number of methoxy groups -OCH3 is 1. The summed E-state index contributed by atoms with van der Waals surface area (Å²) in [6.07, 6.45) is 9.80. The molecule has 0 unspecified atom stereocenters. The minimum atomic E-state index is -0.167. The molecule has 3 nitrogen and oxygen atoms in total. The molecule has 2 aliphatic rings. The lowest BCUT2D eigenvalue weighted by Gasteiger charge is -2.25. The highest BCUT2D eigenvalue weighted by Crippen LogP contribution is 2.40. The number of hydrogen-bond donors (Lipinski definition) is 1. The second-order valence-electron chi connectivity index (χ2n) is 6.25. The van der Waals surface area contributed by atoms with Crippen LogP contribution in [0.1, 0.15) is 56.9 Å². The van der Waals surface area contributed by atoms with Crippen LogP contribution in [0.3, 0.4) is 0 Å². The van der Waals surface area contributed by atoms with E-state index in [0.717, 1.165) is 37.2 Å². The highest BCUT2D eigenvalue weighted by atomic mass is 16.5. The summed E-state index contributed by atoms with van der Waals surface area (Å²) in [5, 5.41) is 0. The van der Waals surface area contributed by atoms with Gasteiger partial charge in [0.05, 0.1) is 13.2 Å². The molecule has 0 heterocycles. The summed E-state index contributed by atoms with van der Waals surface area (Å²) in [5.74, 6) is 1.69. The van der Waals surface area contributed by atoms with Crippen LogP contribution in [0.25, 0.3) is 0 Å². The van der Waals surface area contributed by atoms with Gasteiger partial charge < -0.3 is 15.2 Å². The molecule has 110 valence electrons. The fourth-order valence-electron chi connectivity index (χ4n) is 3.55. The van der Waals surface area contributed by atoms with Crippen molar-refractivity contribution in [3.05, 3.63) is 23.8 Å². The monoisotopic (exact) mass is 275 g/mol. The van der Waals surface area contributed by atoms with Gasteiger partial charge in [0.25, 0.3) is 0 Å². The highest BCUT2D eigenvalue weighted by Gasteiger charge is 2.32. The molecule has 0 saturated heterocycles. The normalized spacial score (nSPS) is 22.1. The number of rotatable bonds is 4. The van der Waals surface area contributed by atoms with E-state index in [1.165, 1.54) is 31.2 Å². The van der Waals surface area contributed by atoms with Gasteiger partial charge in [-0.3, -0.25) is 0 Å². The first-order valence-electron chi connectivity index (χ1n) is 7.85. The predicted octanol–water partition coefficient (Wildman–Crippen LogP) is 3.74. The van der Waals surface area contributed by atoms with Gasteiger partial charge in [-0.1, -0.05) is 18.9 Å². The van der Waals surface area contributed by atoms with Crippen molar-refractivity contribution in [3.8, 4) is 11.5 Å². The lowest BCUT2D eigenvalue weighted by Crippen LogP contribution is -2.33. The molecular formula is C17H25NO2. The molecule has 0 amide bonds. The van der Waals surface area contributed by atoms with Crippen molar-refractivity contribution in [2.45, 2.75) is 63.0 Å². The van der Waals surface area contributed by atoms with E-state index in [1.54, 1.807) is 7.11 Å². The van der Waals surface area contributed by atoms with E-state index >= 15 is 0 Å². The quantitative estimate of drug-likeness (QED) is 0.910. The fourth-order valence-corrected chi connectivity index (χ4v) is 3.55. The lowest BCUT2D eigenvalue weighted by molar-refractivity contribution is 0.200. The summed E-state index contributed by atoms with van der Waals surface area (Å²) in [5.41, 5.74) is 7.54. The zero-order valence-corrected chi connectivity index (χ0v) is 12.4. The minimum absolute atomic E-state index is 0.167. The van der Waals surface area contributed by atoms with Crippen molar-refractivity contribution in [1.29, 1.82) is 0 Å². The average Bonchev–Trinajstić information content (AvgIpc) is 3.11. The van der Waals surface area contributed by atoms with Crippen molar-refractivity contribution in [2.24, 2.45) is 5.73 Å². The van der Waals surface area contributed by atoms with Crippen molar-refractivity contribution in [2.75, 3.05) is 7.11 Å². The largest absolute Gasteiger partial charge is 0.493 e. The van der Waals surface area contributed by atoms with Crippen LogP contribution in [-0.2, 0) is 5.54 Å². The Morgan fingerprint density at radius 3 is 2.40 bits per heavy atom. The molecule has 3 rings (SSSR count).